The minimum atomic E-state index is -2.57. The number of aliphatic hydroxyl groups is 3. The summed E-state index contributed by atoms with van der Waals surface area (Å²) >= 11 is 0. The van der Waals surface area contributed by atoms with Crippen molar-refractivity contribution < 1.29 is 15.3 Å². The highest BCUT2D eigenvalue weighted by Gasteiger charge is 2.52. The summed E-state index contributed by atoms with van der Waals surface area (Å²) in [4.78, 5) is 0. The summed E-state index contributed by atoms with van der Waals surface area (Å²) in [6.45, 7) is 8.82. The van der Waals surface area contributed by atoms with Gasteiger partial charge in [-0.15, -0.1) is 0 Å². The van der Waals surface area contributed by atoms with Gasteiger partial charge in [0.15, 0.2) is 0 Å². The normalized spacial score (nSPS) is 13.8. The molecule has 0 saturated heterocycles. The van der Waals surface area contributed by atoms with Crippen molar-refractivity contribution in [3.05, 3.63) is 0 Å². The maximum Gasteiger partial charge on any atom is 0.281 e. The van der Waals surface area contributed by atoms with E-state index in [1.807, 2.05) is 0 Å². The third-order valence-corrected chi connectivity index (χ3v) is 6.71. The fourth-order valence-electron chi connectivity index (χ4n) is 4.84. The first kappa shape index (κ1) is 27.9. The van der Waals surface area contributed by atoms with Crippen molar-refractivity contribution in [3.63, 3.8) is 0 Å². The van der Waals surface area contributed by atoms with Crippen molar-refractivity contribution in [1.82, 2.24) is 0 Å². The van der Waals surface area contributed by atoms with Crippen LogP contribution in [0, 0.1) is 11.3 Å². The van der Waals surface area contributed by atoms with E-state index in [9.17, 15) is 15.3 Å². The fourth-order valence-corrected chi connectivity index (χ4v) is 4.84. The predicted octanol–water partition coefficient (Wildman–Crippen LogP) is 7.32. The Bertz CT molecular complexity index is 323. The van der Waals surface area contributed by atoms with Crippen LogP contribution in [0.15, 0.2) is 0 Å². The molecule has 1 unspecified atom stereocenters. The quantitative estimate of drug-likeness (QED) is 0.148. The molecule has 0 spiro atoms. The molecule has 3 heteroatoms. The molecule has 170 valence electrons. The molecule has 0 aromatic carbocycles. The van der Waals surface area contributed by atoms with Crippen LogP contribution in [0.2, 0.25) is 0 Å². The lowest BCUT2D eigenvalue weighted by atomic mass is 9.63. The molecule has 0 aromatic heterocycles. The summed E-state index contributed by atoms with van der Waals surface area (Å²) < 4.78 is 0. The minimum absolute atomic E-state index is 0.188. The van der Waals surface area contributed by atoms with E-state index < -0.39 is 11.4 Å². The zero-order valence-electron chi connectivity index (χ0n) is 19.6. The van der Waals surface area contributed by atoms with Gasteiger partial charge in [0.2, 0.25) is 0 Å². The molecule has 0 amide bonds. The number of hydrogen-bond acceptors (Lipinski definition) is 3. The predicted molar refractivity (Wildman–Crippen MR) is 121 cm³/mol. The van der Waals surface area contributed by atoms with Crippen LogP contribution in [0.3, 0.4) is 0 Å². The average Bonchev–Trinajstić information content (AvgIpc) is 2.65. The zero-order valence-corrected chi connectivity index (χ0v) is 19.6. The van der Waals surface area contributed by atoms with E-state index in [0.717, 1.165) is 70.6 Å². The van der Waals surface area contributed by atoms with E-state index in [4.69, 9.17) is 0 Å². The van der Waals surface area contributed by atoms with Crippen LogP contribution in [0.1, 0.15) is 143 Å². The van der Waals surface area contributed by atoms with Gasteiger partial charge in [-0.2, -0.15) is 0 Å². The Balaban J connectivity index is 5.46. The Morgan fingerprint density at radius 3 is 1.29 bits per heavy atom. The Labute approximate surface area is 176 Å². The van der Waals surface area contributed by atoms with E-state index in [-0.39, 0.29) is 5.92 Å². The monoisotopic (exact) mass is 400 g/mol. The first-order valence-corrected chi connectivity index (χ1v) is 12.6. The SMILES string of the molecule is CCCCCCC(CCCC)C(CCCCCC)(CCCCCC)C(O)(O)O. The van der Waals surface area contributed by atoms with Crippen molar-refractivity contribution in [2.24, 2.45) is 11.3 Å². The largest absolute Gasteiger partial charge is 0.343 e. The molecule has 0 saturated carbocycles. The van der Waals surface area contributed by atoms with Crippen LogP contribution in [-0.4, -0.2) is 21.3 Å². The second kappa shape index (κ2) is 16.7. The summed E-state index contributed by atoms with van der Waals surface area (Å²) in [5.74, 6) is -2.39. The van der Waals surface area contributed by atoms with Crippen LogP contribution < -0.4 is 0 Å². The van der Waals surface area contributed by atoms with Gasteiger partial charge in [-0.1, -0.05) is 118 Å². The molecule has 0 fully saturated rings. The summed E-state index contributed by atoms with van der Waals surface area (Å²) in [6.07, 6.45) is 19.3. The summed E-state index contributed by atoms with van der Waals surface area (Å²) in [6, 6.07) is 0. The van der Waals surface area contributed by atoms with E-state index in [2.05, 4.69) is 27.7 Å². The highest BCUT2D eigenvalue weighted by atomic mass is 16.7. The molecule has 0 aliphatic heterocycles. The number of rotatable bonds is 20. The van der Waals surface area contributed by atoms with Crippen molar-refractivity contribution in [2.75, 3.05) is 0 Å². The lowest BCUT2D eigenvalue weighted by Crippen LogP contribution is -2.53. The fraction of sp³-hybridized carbons (Fsp3) is 1.00. The molecule has 0 aliphatic rings. The number of unbranched alkanes of at least 4 members (excludes halogenated alkanes) is 10. The summed E-state index contributed by atoms with van der Waals surface area (Å²) in [5, 5.41) is 31.9. The van der Waals surface area contributed by atoms with Crippen LogP contribution in [-0.2, 0) is 0 Å². The Morgan fingerprint density at radius 2 is 0.893 bits per heavy atom. The highest BCUT2D eigenvalue weighted by Crippen LogP contribution is 2.49. The van der Waals surface area contributed by atoms with Crippen molar-refractivity contribution in [1.29, 1.82) is 0 Å². The first-order chi connectivity index (χ1) is 13.4. The van der Waals surface area contributed by atoms with Crippen LogP contribution >= 0.6 is 0 Å². The molecule has 0 radical (unpaired) electrons. The molecule has 0 rings (SSSR count). The standard InChI is InChI=1S/C25H52O3/c1-5-9-13-16-20-23(19-12-8-4)24(25(26,27)28,21-17-14-10-6-2)22-18-15-11-7-3/h23,26-28H,5-22H2,1-4H3. The smallest absolute Gasteiger partial charge is 0.281 e. The molecule has 1 atom stereocenters. The minimum Gasteiger partial charge on any atom is -0.343 e. The van der Waals surface area contributed by atoms with Crippen molar-refractivity contribution in [2.45, 2.75) is 149 Å². The Hall–Kier alpha value is -0.120. The second-order valence-corrected chi connectivity index (χ2v) is 9.10. The lowest BCUT2D eigenvalue weighted by molar-refractivity contribution is -0.390. The Morgan fingerprint density at radius 1 is 0.500 bits per heavy atom. The van der Waals surface area contributed by atoms with Gasteiger partial charge in [-0.05, 0) is 31.6 Å². The molecule has 0 heterocycles. The molecule has 28 heavy (non-hydrogen) atoms. The van der Waals surface area contributed by atoms with E-state index in [1.165, 1.54) is 44.9 Å². The topological polar surface area (TPSA) is 60.7 Å². The van der Waals surface area contributed by atoms with Gasteiger partial charge in [-0.25, -0.2) is 0 Å². The van der Waals surface area contributed by atoms with Crippen molar-refractivity contribution >= 4 is 0 Å². The Kier molecular flexibility index (Phi) is 16.6. The van der Waals surface area contributed by atoms with E-state index >= 15 is 0 Å². The van der Waals surface area contributed by atoms with Crippen LogP contribution in [0.4, 0.5) is 0 Å². The van der Waals surface area contributed by atoms with Crippen LogP contribution in [0.5, 0.6) is 0 Å². The lowest BCUT2D eigenvalue weighted by Gasteiger charge is -2.47. The maximum absolute atomic E-state index is 10.6. The summed E-state index contributed by atoms with van der Waals surface area (Å²) in [5.41, 5.74) is -0.782. The van der Waals surface area contributed by atoms with Gasteiger partial charge in [0.05, 0.1) is 5.41 Å². The molecule has 3 nitrogen and oxygen atoms in total. The summed E-state index contributed by atoms with van der Waals surface area (Å²) in [7, 11) is 0. The van der Waals surface area contributed by atoms with Gasteiger partial charge >= 0.3 is 0 Å². The first-order valence-electron chi connectivity index (χ1n) is 12.6. The molecular formula is C25H52O3. The molecule has 0 bridgehead atoms. The zero-order chi connectivity index (χ0) is 21.3. The third kappa shape index (κ3) is 10.6. The molecule has 3 N–H and O–H groups in total. The van der Waals surface area contributed by atoms with E-state index in [0.29, 0.717) is 0 Å². The molecular weight excluding hydrogens is 348 g/mol. The van der Waals surface area contributed by atoms with Gasteiger partial charge in [0, 0.05) is 0 Å². The molecule has 0 aromatic rings. The van der Waals surface area contributed by atoms with Crippen molar-refractivity contribution in [3.8, 4) is 0 Å². The van der Waals surface area contributed by atoms with Gasteiger partial charge in [-0.3, -0.25) is 0 Å². The van der Waals surface area contributed by atoms with Gasteiger partial charge < -0.3 is 15.3 Å². The number of hydrogen-bond donors (Lipinski definition) is 3. The second-order valence-electron chi connectivity index (χ2n) is 9.10. The maximum atomic E-state index is 10.6. The molecule has 0 aliphatic carbocycles. The highest BCUT2D eigenvalue weighted by molar-refractivity contribution is 4.92. The van der Waals surface area contributed by atoms with Crippen LogP contribution in [0.25, 0.3) is 0 Å². The van der Waals surface area contributed by atoms with Gasteiger partial charge in [0.25, 0.3) is 5.97 Å². The van der Waals surface area contributed by atoms with Gasteiger partial charge in [0.1, 0.15) is 0 Å². The average molecular weight is 401 g/mol. The van der Waals surface area contributed by atoms with E-state index in [1.54, 1.807) is 0 Å². The third-order valence-electron chi connectivity index (χ3n) is 6.71.